The van der Waals surface area contributed by atoms with Crippen LogP contribution in [0.4, 0.5) is 0 Å². The van der Waals surface area contributed by atoms with E-state index < -0.39 is 5.97 Å². The van der Waals surface area contributed by atoms with Gasteiger partial charge in [0.2, 0.25) is 0 Å². The molecule has 0 amide bonds. The Bertz CT molecular complexity index is 616. The highest BCUT2D eigenvalue weighted by Gasteiger charge is 2.09. The summed E-state index contributed by atoms with van der Waals surface area (Å²) in [5, 5.41) is 10.5. The molecular formula is C14H12ClNO2S. The number of hydrogen-bond donors (Lipinski definition) is 1. The molecule has 19 heavy (non-hydrogen) atoms. The van der Waals surface area contributed by atoms with Crippen molar-refractivity contribution in [3.05, 3.63) is 58.2 Å². The first kappa shape index (κ1) is 13.9. The van der Waals surface area contributed by atoms with Crippen molar-refractivity contribution in [2.45, 2.75) is 17.7 Å². The van der Waals surface area contributed by atoms with Crippen molar-refractivity contribution in [2.75, 3.05) is 0 Å². The van der Waals surface area contributed by atoms with Crippen LogP contribution in [0.15, 0.2) is 41.4 Å². The molecule has 3 nitrogen and oxygen atoms in total. The molecule has 1 heterocycles. The summed E-state index contributed by atoms with van der Waals surface area (Å²) in [6.45, 7) is 1.70. The third kappa shape index (κ3) is 3.49. The van der Waals surface area contributed by atoms with Crippen molar-refractivity contribution < 1.29 is 9.90 Å². The highest BCUT2D eigenvalue weighted by molar-refractivity contribution is 7.98. The number of thioether (sulfide) groups is 1. The third-order valence-electron chi connectivity index (χ3n) is 2.62. The average Bonchev–Trinajstić information content (AvgIpc) is 2.37. The van der Waals surface area contributed by atoms with E-state index in [1.165, 1.54) is 11.8 Å². The first-order valence-electron chi connectivity index (χ1n) is 5.65. The van der Waals surface area contributed by atoms with Gasteiger partial charge in [-0.1, -0.05) is 29.8 Å². The van der Waals surface area contributed by atoms with Gasteiger partial charge in [0.1, 0.15) is 0 Å². The highest BCUT2D eigenvalue weighted by Crippen LogP contribution is 2.26. The number of benzene rings is 1. The molecule has 1 aromatic heterocycles. The van der Waals surface area contributed by atoms with E-state index in [-0.39, 0.29) is 5.56 Å². The van der Waals surface area contributed by atoms with Gasteiger partial charge in [-0.25, -0.2) is 9.78 Å². The number of halogens is 1. The fraction of sp³-hybridized carbons (Fsp3) is 0.143. The number of carbonyl (C=O) groups is 1. The van der Waals surface area contributed by atoms with Gasteiger partial charge in [-0.15, -0.1) is 11.8 Å². The van der Waals surface area contributed by atoms with E-state index in [4.69, 9.17) is 16.7 Å². The lowest BCUT2D eigenvalue weighted by Crippen LogP contribution is -2.01. The molecule has 0 atom stereocenters. The number of nitrogens with zero attached hydrogens (tertiary/aromatic N) is 1. The summed E-state index contributed by atoms with van der Waals surface area (Å²) >= 11 is 7.61. The Morgan fingerprint density at radius 1 is 1.32 bits per heavy atom. The van der Waals surface area contributed by atoms with Crippen LogP contribution in [0.3, 0.4) is 0 Å². The van der Waals surface area contributed by atoms with Gasteiger partial charge in [0.25, 0.3) is 0 Å². The Morgan fingerprint density at radius 3 is 2.68 bits per heavy atom. The van der Waals surface area contributed by atoms with Gasteiger partial charge in [0, 0.05) is 10.8 Å². The Kier molecular flexibility index (Phi) is 4.45. The monoisotopic (exact) mass is 293 g/mol. The Morgan fingerprint density at radius 2 is 2.05 bits per heavy atom. The molecule has 0 aliphatic heterocycles. The van der Waals surface area contributed by atoms with Crippen LogP contribution in [0, 0.1) is 6.92 Å². The van der Waals surface area contributed by atoms with Gasteiger partial charge in [-0.3, -0.25) is 0 Å². The van der Waals surface area contributed by atoms with Crippen molar-refractivity contribution in [1.82, 2.24) is 4.98 Å². The number of carboxylic acids is 1. The summed E-state index contributed by atoms with van der Waals surface area (Å²) in [5.41, 5.74) is 1.80. The average molecular weight is 294 g/mol. The van der Waals surface area contributed by atoms with Crippen LogP contribution in [0.5, 0.6) is 0 Å². The molecule has 1 N–H and O–H groups in total. The summed E-state index contributed by atoms with van der Waals surface area (Å²) in [7, 11) is 0. The predicted molar refractivity (Wildman–Crippen MR) is 76.9 cm³/mol. The van der Waals surface area contributed by atoms with Gasteiger partial charge in [-0.05, 0) is 30.7 Å². The van der Waals surface area contributed by atoms with Gasteiger partial charge >= 0.3 is 5.97 Å². The van der Waals surface area contributed by atoms with Crippen LogP contribution >= 0.6 is 23.4 Å². The van der Waals surface area contributed by atoms with Crippen molar-refractivity contribution in [3.8, 4) is 0 Å². The summed E-state index contributed by atoms with van der Waals surface area (Å²) in [5.74, 6) is -0.244. The molecule has 0 saturated heterocycles. The zero-order chi connectivity index (χ0) is 13.8. The van der Waals surface area contributed by atoms with Crippen LogP contribution in [0.1, 0.15) is 21.6 Å². The molecule has 0 saturated carbocycles. The molecular weight excluding hydrogens is 282 g/mol. The lowest BCUT2D eigenvalue weighted by Gasteiger charge is -2.05. The summed E-state index contributed by atoms with van der Waals surface area (Å²) in [6, 6.07) is 10.9. The molecule has 98 valence electrons. The molecule has 2 rings (SSSR count). The van der Waals surface area contributed by atoms with Crippen molar-refractivity contribution in [1.29, 1.82) is 0 Å². The molecule has 1 aromatic carbocycles. The van der Waals surface area contributed by atoms with Gasteiger partial charge in [0.05, 0.1) is 16.3 Å². The number of hydrogen-bond acceptors (Lipinski definition) is 3. The second-order valence-corrected chi connectivity index (χ2v) is 5.37. The number of aromatic nitrogens is 1. The first-order chi connectivity index (χ1) is 9.08. The highest BCUT2D eigenvalue weighted by atomic mass is 35.5. The van der Waals surface area contributed by atoms with Crippen molar-refractivity contribution in [2.24, 2.45) is 0 Å². The minimum atomic E-state index is -0.951. The fourth-order valence-electron chi connectivity index (χ4n) is 1.61. The quantitative estimate of drug-likeness (QED) is 0.865. The van der Waals surface area contributed by atoms with Gasteiger partial charge in [0.15, 0.2) is 0 Å². The maximum Gasteiger partial charge on any atom is 0.337 e. The van der Waals surface area contributed by atoms with Crippen molar-refractivity contribution in [3.63, 3.8) is 0 Å². The third-order valence-corrected chi connectivity index (χ3v) is 3.97. The smallest absolute Gasteiger partial charge is 0.337 e. The second kappa shape index (κ2) is 6.08. The Balaban J connectivity index is 2.11. The van der Waals surface area contributed by atoms with Crippen LogP contribution in [0.25, 0.3) is 0 Å². The molecule has 0 unspecified atom stereocenters. The van der Waals surface area contributed by atoms with E-state index >= 15 is 0 Å². The summed E-state index contributed by atoms with van der Waals surface area (Å²) < 4.78 is 0. The summed E-state index contributed by atoms with van der Waals surface area (Å²) in [4.78, 5) is 15.2. The van der Waals surface area contributed by atoms with E-state index in [9.17, 15) is 4.79 Å². The molecule has 2 aromatic rings. The zero-order valence-electron chi connectivity index (χ0n) is 10.3. The molecule has 0 fully saturated rings. The molecule has 5 heteroatoms. The molecule has 0 aliphatic rings. The Hall–Kier alpha value is -1.52. The van der Waals surface area contributed by atoms with E-state index in [1.54, 1.807) is 19.1 Å². The molecule has 0 aliphatic carbocycles. The van der Waals surface area contributed by atoms with E-state index in [2.05, 4.69) is 4.98 Å². The van der Waals surface area contributed by atoms with Crippen LogP contribution in [0.2, 0.25) is 5.02 Å². The van der Waals surface area contributed by atoms with E-state index in [0.717, 1.165) is 15.6 Å². The predicted octanol–water partition coefficient (Wildman–Crippen LogP) is 4.03. The number of carboxylic acid groups (broad SMARTS) is 1. The minimum absolute atomic E-state index is 0.238. The van der Waals surface area contributed by atoms with Gasteiger partial charge in [-0.2, -0.15) is 0 Å². The topological polar surface area (TPSA) is 50.2 Å². The molecule has 0 spiro atoms. The molecule has 0 radical (unpaired) electrons. The lowest BCUT2D eigenvalue weighted by atomic mass is 10.2. The maximum atomic E-state index is 10.9. The number of rotatable bonds is 4. The SMILES string of the molecule is Cc1nc(SCc2ccccc2Cl)ccc1C(=O)O. The minimum Gasteiger partial charge on any atom is -0.478 e. The summed E-state index contributed by atoms with van der Waals surface area (Å²) in [6.07, 6.45) is 0. The van der Waals surface area contributed by atoms with Crippen LogP contribution < -0.4 is 0 Å². The molecule has 0 bridgehead atoms. The van der Waals surface area contributed by atoms with E-state index in [1.807, 2.05) is 24.3 Å². The van der Waals surface area contributed by atoms with Crippen molar-refractivity contribution >= 4 is 29.3 Å². The first-order valence-corrected chi connectivity index (χ1v) is 7.01. The number of aromatic carboxylic acids is 1. The standard InChI is InChI=1S/C14H12ClNO2S/c1-9-11(14(17)18)6-7-13(16-9)19-8-10-4-2-3-5-12(10)15/h2-7H,8H2,1H3,(H,17,18). The largest absolute Gasteiger partial charge is 0.478 e. The van der Waals surface area contributed by atoms with Crippen LogP contribution in [-0.4, -0.2) is 16.1 Å². The number of pyridine rings is 1. The van der Waals surface area contributed by atoms with Gasteiger partial charge < -0.3 is 5.11 Å². The maximum absolute atomic E-state index is 10.9. The Labute approximate surface area is 120 Å². The lowest BCUT2D eigenvalue weighted by molar-refractivity contribution is 0.0695. The van der Waals surface area contributed by atoms with E-state index in [0.29, 0.717) is 11.4 Å². The fourth-order valence-corrected chi connectivity index (χ4v) is 2.81. The normalized spacial score (nSPS) is 10.4. The number of aryl methyl sites for hydroxylation is 1. The zero-order valence-corrected chi connectivity index (χ0v) is 11.8. The second-order valence-electron chi connectivity index (χ2n) is 3.97. The van der Waals surface area contributed by atoms with Crippen LogP contribution in [-0.2, 0) is 5.75 Å².